The molecular weight excluding hydrogens is 310 g/mol. The van der Waals surface area contributed by atoms with Crippen molar-refractivity contribution in [2.24, 2.45) is 0 Å². The van der Waals surface area contributed by atoms with Crippen LogP contribution < -0.4 is 16.0 Å². The lowest BCUT2D eigenvalue weighted by Gasteiger charge is -2.18. The minimum atomic E-state index is 0.0443. The van der Waals surface area contributed by atoms with Gasteiger partial charge in [0.05, 0.1) is 11.7 Å². The van der Waals surface area contributed by atoms with Gasteiger partial charge in [-0.25, -0.2) is 4.98 Å². The van der Waals surface area contributed by atoms with Gasteiger partial charge in [0, 0.05) is 36.9 Å². The molecule has 0 saturated carbocycles. The van der Waals surface area contributed by atoms with E-state index in [2.05, 4.69) is 32.1 Å². The largest absolute Gasteiger partial charge is 0.383 e. The van der Waals surface area contributed by atoms with E-state index in [0.717, 1.165) is 29.6 Å². The third-order valence-electron chi connectivity index (χ3n) is 4.04. The lowest BCUT2D eigenvalue weighted by molar-refractivity contribution is 0.834. The molecule has 0 aromatic carbocycles. The van der Waals surface area contributed by atoms with Gasteiger partial charge in [-0.05, 0) is 19.8 Å². The van der Waals surface area contributed by atoms with Crippen LogP contribution in [-0.4, -0.2) is 32.4 Å². The van der Waals surface area contributed by atoms with Crippen LogP contribution in [0.25, 0.3) is 4.96 Å². The zero-order chi connectivity index (χ0) is 15.8. The van der Waals surface area contributed by atoms with Crippen LogP contribution >= 0.6 is 11.3 Å². The quantitative estimate of drug-likeness (QED) is 0.765. The molecule has 0 unspecified atom stereocenters. The van der Waals surface area contributed by atoms with Crippen LogP contribution in [0.2, 0.25) is 0 Å². The Morgan fingerprint density at radius 2 is 2.09 bits per heavy atom. The Labute approximate surface area is 138 Å². The van der Waals surface area contributed by atoms with Crippen molar-refractivity contribution in [1.29, 1.82) is 0 Å². The Balaban J connectivity index is 1.56. The van der Waals surface area contributed by atoms with E-state index in [0.29, 0.717) is 11.8 Å². The first-order valence-electron chi connectivity index (χ1n) is 7.77. The van der Waals surface area contributed by atoms with Crippen molar-refractivity contribution >= 4 is 33.9 Å². The van der Waals surface area contributed by atoms with Crippen LogP contribution in [0.4, 0.5) is 17.6 Å². The molecule has 0 bridgehead atoms. The van der Waals surface area contributed by atoms with Gasteiger partial charge in [0.1, 0.15) is 11.6 Å². The normalized spacial score (nSPS) is 16.1. The average Bonchev–Trinajstić information content (AvgIpc) is 3.23. The number of imidazole rings is 1. The van der Waals surface area contributed by atoms with Crippen molar-refractivity contribution in [2.75, 3.05) is 29.0 Å². The van der Waals surface area contributed by atoms with Crippen molar-refractivity contribution in [3.8, 4) is 0 Å². The first kappa shape index (κ1) is 14.3. The maximum absolute atomic E-state index is 5.95. The summed E-state index contributed by atoms with van der Waals surface area (Å²) >= 11 is 1.63. The number of rotatable bonds is 4. The van der Waals surface area contributed by atoms with Gasteiger partial charge in [-0.2, -0.15) is 9.97 Å². The summed E-state index contributed by atoms with van der Waals surface area (Å²) in [5.41, 5.74) is 6.93. The lowest BCUT2D eigenvalue weighted by atomic mass is 10.2. The fourth-order valence-corrected chi connectivity index (χ4v) is 3.54. The highest BCUT2D eigenvalue weighted by Gasteiger charge is 2.17. The van der Waals surface area contributed by atoms with E-state index in [4.69, 9.17) is 5.73 Å². The second-order valence-corrected chi connectivity index (χ2v) is 6.67. The molecule has 4 rings (SSSR count). The van der Waals surface area contributed by atoms with Crippen molar-refractivity contribution in [3.05, 3.63) is 29.5 Å². The number of nitrogen functional groups attached to an aromatic ring is 1. The molecule has 8 heteroatoms. The maximum Gasteiger partial charge on any atom is 0.229 e. The molecule has 120 valence electrons. The van der Waals surface area contributed by atoms with E-state index in [9.17, 15) is 0 Å². The SMILES string of the molecule is C[C@@H](Nc1cc(N)nc(N2CCCC2)n1)c1cn2ccsc2n1. The number of nitrogens with zero attached hydrogens (tertiary/aromatic N) is 5. The number of fused-ring (bicyclic) bond motifs is 1. The Morgan fingerprint density at radius 3 is 2.87 bits per heavy atom. The summed E-state index contributed by atoms with van der Waals surface area (Å²) in [5, 5.41) is 5.41. The monoisotopic (exact) mass is 329 g/mol. The van der Waals surface area contributed by atoms with Gasteiger partial charge in [-0.3, -0.25) is 4.40 Å². The van der Waals surface area contributed by atoms with E-state index in [1.54, 1.807) is 17.4 Å². The fourth-order valence-electron chi connectivity index (χ4n) is 2.84. The molecule has 23 heavy (non-hydrogen) atoms. The first-order chi connectivity index (χ1) is 11.2. The number of anilines is 3. The summed E-state index contributed by atoms with van der Waals surface area (Å²) in [6, 6.07) is 1.82. The molecule has 1 aliphatic rings. The second kappa shape index (κ2) is 5.69. The molecular formula is C15H19N7S. The Kier molecular flexibility index (Phi) is 3.53. The highest BCUT2D eigenvalue weighted by molar-refractivity contribution is 7.15. The number of nitrogens with one attached hydrogen (secondary N) is 1. The van der Waals surface area contributed by atoms with Gasteiger partial charge >= 0.3 is 0 Å². The average molecular weight is 329 g/mol. The van der Waals surface area contributed by atoms with Gasteiger partial charge < -0.3 is 16.0 Å². The second-order valence-electron chi connectivity index (χ2n) is 5.80. The summed E-state index contributed by atoms with van der Waals surface area (Å²) in [4.78, 5) is 16.8. The van der Waals surface area contributed by atoms with Gasteiger partial charge in [-0.1, -0.05) is 0 Å². The van der Waals surface area contributed by atoms with Gasteiger partial charge in [0.2, 0.25) is 5.95 Å². The third kappa shape index (κ3) is 2.81. The summed E-state index contributed by atoms with van der Waals surface area (Å²) in [7, 11) is 0. The van der Waals surface area contributed by atoms with E-state index in [-0.39, 0.29) is 6.04 Å². The van der Waals surface area contributed by atoms with Crippen LogP contribution in [0.1, 0.15) is 31.5 Å². The summed E-state index contributed by atoms with van der Waals surface area (Å²) in [5.74, 6) is 1.94. The number of thiazole rings is 1. The Bertz CT molecular complexity index is 790. The molecule has 0 radical (unpaired) electrons. The molecule has 1 aliphatic heterocycles. The molecule has 0 aliphatic carbocycles. The van der Waals surface area contributed by atoms with Crippen molar-refractivity contribution < 1.29 is 0 Å². The van der Waals surface area contributed by atoms with Crippen LogP contribution in [-0.2, 0) is 0 Å². The number of hydrogen-bond acceptors (Lipinski definition) is 7. The number of aromatic nitrogens is 4. The minimum absolute atomic E-state index is 0.0443. The predicted octanol–water partition coefficient (Wildman–Crippen LogP) is 2.54. The van der Waals surface area contributed by atoms with Crippen molar-refractivity contribution in [1.82, 2.24) is 19.4 Å². The van der Waals surface area contributed by atoms with Crippen LogP contribution in [0.3, 0.4) is 0 Å². The van der Waals surface area contributed by atoms with Crippen LogP contribution in [0.15, 0.2) is 23.8 Å². The zero-order valence-corrected chi connectivity index (χ0v) is 13.8. The molecule has 0 spiro atoms. The molecule has 0 amide bonds. The smallest absolute Gasteiger partial charge is 0.229 e. The molecule has 4 heterocycles. The molecule has 1 atom stereocenters. The summed E-state index contributed by atoms with van der Waals surface area (Å²) < 4.78 is 2.03. The predicted molar refractivity (Wildman–Crippen MR) is 93.0 cm³/mol. The molecule has 3 aromatic heterocycles. The summed E-state index contributed by atoms with van der Waals surface area (Å²) in [6.45, 7) is 4.06. The Morgan fingerprint density at radius 1 is 1.26 bits per heavy atom. The van der Waals surface area contributed by atoms with Crippen LogP contribution in [0.5, 0.6) is 0 Å². The Hall–Kier alpha value is -2.35. The highest BCUT2D eigenvalue weighted by Crippen LogP contribution is 2.23. The van der Waals surface area contributed by atoms with Crippen LogP contribution in [0, 0.1) is 0 Å². The van der Waals surface area contributed by atoms with Crippen molar-refractivity contribution in [3.63, 3.8) is 0 Å². The third-order valence-corrected chi connectivity index (χ3v) is 4.81. The molecule has 3 N–H and O–H groups in total. The van der Waals surface area contributed by atoms with E-state index in [1.807, 2.05) is 22.2 Å². The molecule has 1 fully saturated rings. The molecule has 7 nitrogen and oxygen atoms in total. The fraction of sp³-hybridized carbons (Fsp3) is 0.400. The van der Waals surface area contributed by atoms with E-state index in [1.165, 1.54) is 12.8 Å². The van der Waals surface area contributed by atoms with Crippen molar-refractivity contribution in [2.45, 2.75) is 25.8 Å². The topological polar surface area (TPSA) is 84.4 Å². The zero-order valence-electron chi connectivity index (χ0n) is 12.9. The first-order valence-corrected chi connectivity index (χ1v) is 8.65. The summed E-state index contributed by atoms with van der Waals surface area (Å²) in [6.07, 6.45) is 6.41. The van der Waals surface area contributed by atoms with E-state index >= 15 is 0 Å². The van der Waals surface area contributed by atoms with Gasteiger partial charge in [-0.15, -0.1) is 11.3 Å². The lowest BCUT2D eigenvalue weighted by Crippen LogP contribution is -2.21. The minimum Gasteiger partial charge on any atom is -0.383 e. The number of hydrogen-bond donors (Lipinski definition) is 2. The molecule has 3 aromatic rings. The van der Waals surface area contributed by atoms with Gasteiger partial charge in [0.25, 0.3) is 0 Å². The number of nitrogens with two attached hydrogens (primary N) is 1. The van der Waals surface area contributed by atoms with Gasteiger partial charge in [0.15, 0.2) is 4.96 Å². The van der Waals surface area contributed by atoms with E-state index < -0.39 is 0 Å². The molecule has 1 saturated heterocycles. The maximum atomic E-state index is 5.95. The highest BCUT2D eigenvalue weighted by atomic mass is 32.1. The standard InChI is InChI=1S/C15H19N7S/c1-10(11-9-22-6-7-23-15(22)18-11)17-13-8-12(16)19-14(20-13)21-4-2-3-5-21/h6-10H,2-5H2,1H3,(H3,16,17,19,20)/t10-/m1/s1.